The minimum atomic E-state index is 0.287. The summed E-state index contributed by atoms with van der Waals surface area (Å²) >= 11 is 3.73. The van der Waals surface area contributed by atoms with Gasteiger partial charge in [0.05, 0.1) is 15.9 Å². The minimum Gasteiger partial charge on any atom is -0.396 e. The van der Waals surface area contributed by atoms with Crippen molar-refractivity contribution in [1.82, 2.24) is 14.7 Å². The van der Waals surface area contributed by atoms with Gasteiger partial charge in [-0.1, -0.05) is 13.3 Å². The van der Waals surface area contributed by atoms with E-state index in [9.17, 15) is 5.11 Å². The molecule has 20 heavy (non-hydrogen) atoms. The maximum atomic E-state index is 9.25. The average molecular weight is 344 g/mol. The Hall–Kier alpha value is -0.390. The van der Waals surface area contributed by atoms with Gasteiger partial charge in [0.15, 0.2) is 0 Å². The highest BCUT2D eigenvalue weighted by atomic mass is 79.9. The van der Waals surface area contributed by atoms with Crippen molar-refractivity contribution in [1.29, 1.82) is 0 Å². The lowest BCUT2D eigenvalue weighted by atomic mass is 9.99. The molecule has 5 heteroatoms. The summed E-state index contributed by atoms with van der Waals surface area (Å²) in [7, 11) is 0. The van der Waals surface area contributed by atoms with Gasteiger partial charge in [0, 0.05) is 25.7 Å². The third-order valence-electron chi connectivity index (χ3n) is 4.26. The fraction of sp³-hybridized carbons (Fsp3) is 0.800. The molecule has 1 aromatic rings. The molecule has 1 atom stereocenters. The lowest BCUT2D eigenvalue weighted by Gasteiger charge is -2.35. The molecule has 1 aliphatic rings. The largest absolute Gasteiger partial charge is 0.396 e. The number of hydrogen-bond acceptors (Lipinski definition) is 3. The highest BCUT2D eigenvalue weighted by molar-refractivity contribution is 9.10. The van der Waals surface area contributed by atoms with E-state index in [0.29, 0.717) is 6.04 Å². The van der Waals surface area contributed by atoms with Crippen molar-refractivity contribution in [2.75, 3.05) is 13.2 Å². The van der Waals surface area contributed by atoms with Crippen LogP contribution in [0.25, 0.3) is 0 Å². The summed E-state index contributed by atoms with van der Waals surface area (Å²) in [4.78, 5) is 2.52. The van der Waals surface area contributed by atoms with Gasteiger partial charge in [-0.3, -0.25) is 9.58 Å². The Kier molecular flexibility index (Phi) is 6.05. The van der Waals surface area contributed by atoms with E-state index in [0.717, 1.165) is 38.2 Å². The molecule has 0 aromatic carbocycles. The molecule has 0 saturated carbocycles. The third kappa shape index (κ3) is 3.43. The Bertz CT molecular complexity index is 431. The maximum Gasteiger partial charge on any atom is 0.0767 e. The van der Waals surface area contributed by atoms with E-state index in [1.165, 1.54) is 29.4 Å². The van der Waals surface area contributed by atoms with Crippen LogP contribution in [0, 0.1) is 0 Å². The van der Waals surface area contributed by atoms with E-state index in [1.807, 2.05) is 0 Å². The van der Waals surface area contributed by atoms with Gasteiger partial charge in [-0.2, -0.15) is 5.10 Å². The van der Waals surface area contributed by atoms with Crippen LogP contribution < -0.4 is 0 Å². The van der Waals surface area contributed by atoms with E-state index in [-0.39, 0.29) is 6.61 Å². The van der Waals surface area contributed by atoms with Crippen LogP contribution in [0.15, 0.2) is 4.47 Å². The summed E-state index contributed by atoms with van der Waals surface area (Å²) in [6, 6.07) is 0.519. The number of halogens is 1. The van der Waals surface area contributed by atoms with E-state index in [4.69, 9.17) is 0 Å². The molecule has 1 unspecified atom stereocenters. The molecule has 0 aliphatic carbocycles. The summed E-state index contributed by atoms with van der Waals surface area (Å²) in [5, 5.41) is 13.9. The van der Waals surface area contributed by atoms with Crippen LogP contribution >= 0.6 is 15.9 Å². The Morgan fingerprint density at radius 3 is 2.80 bits per heavy atom. The third-order valence-corrected chi connectivity index (χ3v) is 5.17. The molecular formula is C15H26BrN3O. The Morgan fingerprint density at radius 1 is 1.35 bits per heavy atom. The maximum absolute atomic E-state index is 9.25. The second-order valence-electron chi connectivity index (χ2n) is 5.51. The highest BCUT2D eigenvalue weighted by Crippen LogP contribution is 2.27. The number of rotatable bonds is 6. The van der Waals surface area contributed by atoms with Crippen molar-refractivity contribution < 1.29 is 5.11 Å². The number of aliphatic hydroxyl groups is 1. The molecule has 0 spiro atoms. The number of likely N-dealkylation sites (tertiary alicyclic amines) is 1. The summed E-state index contributed by atoms with van der Waals surface area (Å²) < 4.78 is 3.29. The molecule has 0 amide bonds. The van der Waals surface area contributed by atoms with E-state index < -0.39 is 0 Å². The fourth-order valence-corrected chi connectivity index (χ4v) is 3.79. The minimum absolute atomic E-state index is 0.287. The number of aromatic nitrogens is 2. The Morgan fingerprint density at radius 2 is 2.15 bits per heavy atom. The summed E-state index contributed by atoms with van der Waals surface area (Å²) in [5.74, 6) is 0. The van der Waals surface area contributed by atoms with E-state index in [2.05, 4.69) is 44.5 Å². The monoisotopic (exact) mass is 343 g/mol. The summed E-state index contributed by atoms with van der Waals surface area (Å²) in [5.41, 5.74) is 2.44. The molecule has 0 bridgehead atoms. The molecule has 114 valence electrons. The molecule has 1 saturated heterocycles. The van der Waals surface area contributed by atoms with Crippen molar-refractivity contribution in [3.05, 3.63) is 15.9 Å². The van der Waals surface area contributed by atoms with Gasteiger partial charge in [0.1, 0.15) is 0 Å². The topological polar surface area (TPSA) is 41.3 Å². The predicted octanol–water partition coefficient (Wildman–Crippen LogP) is 2.96. The van der Waals surface area contributed by atoms with Crippen molar-refractivity contribution >= 4 is 15.9 Å². The van der Waals surface area contributed by atoms with Crippen LogP contribution in [0.4, 0.5) is 0 Å². The van der Waals surface area contributed by atoms with Crippen LogP contribution in [0.2, 0.25) is 0 Å². The van der Waals surface area contributed by atoms with E-state index in [1.54, 1.807) is 0 Å². The smallest absolute Gasteiger partial charge is 0.0767 e. The van der Waals surface area contributed by atoms with Crippen molar-refractivity contribution in [2.45, 2.75) is 65.1 Å². The second kappa shape index (κ2) is 7.57. The van der Waals surface area contributed by atoms with Crippen LogP contribution in [0.3, 0.4) is 0 Å². The standard InChI is InChI=1S/C15H26BrN3O/c1-3-13-15(16)14(19(4-2)17-13)11-18-9-6-5-7-12(18)8-10-20/h12,20H,3-11H2,1-2H3. The highest BCUT2D eigenvalue weighted by Gasteiger charge is 2.24. The summed E-state index contributed by atoms with van der Waals surface area (Å²) in [6.07, 6.45) is 5.61. The van der Waals surface area contributed by atoms with Gasteiger partial charge in [0.2, 0.25) is 0 Å². The van der Waals surface area contributed by atoms with E-state index >= 15 is 0 Å². The van der Waals surface area contributed by atoms with Crippen LogP contribution in [0.1, 0.15) is 50.9 Å². The predicted molar refractivity (Wildman–Crippen MR) is 84.7 cm³/mol. The first kappa shape index (κ1) is 16.0. The van der Waals surface area contributed by atoms with Crippen LogP contribution in [-0.2, 0) is 19.5 Å². The number of nitrogens with zero attached hydrogens (tertiary/aromatic N) is 3. The molecular weight excluding hydrogens is 318 g/mol. The molecule has 2 rings (SSSR count). The lowest BCUT2D eigenvalue weighted by Crippen LogP contribution is -2.40. The van der Waals surface area contributed by atoms with Crippen LogP contribution in [0.5, 0.6) is 0 Å². The first-order valence-electron chi connectivity index (χ1n) is 7.80. The molecule has 1 fully saturated rings. The fourth-order valence-electron chi connectivity index (χ4n) is 3.10. The zero-order valence-electron chi connectivity index (χ0n) is 12.6. The average Bonchev–Trinajstić information content (AvgIpc) is 2.77. The van der Waals surface area contributed by atoms with Gasteiger partial charge < -0.3 is 5.11 Å². The van der Waals surface area contributed by atoms with Crippen molar-refractivity contribution in [2.24, 2.45) is 0 Å². The number of aliphatic hydroxyl groups excluding tert-OH is 1. The zero-order valence-corrected chi connectivity index (χ0v) is 14.2. The van der Waals surface area contributed by atoms with Crippen molar-refractivity contribution in [3.63, 3.8) is 0 Å². The number of hydrogen-bond donors (Lipinski definition) is 1. The molecule has 4 nitrogen and oxygen atoms in total. The molecule has 0 radical (unpaired) electrons. The SMILES string of the molecule is CCc1nn(CC)c(CN2CCCCC2CCO)c1Br. The molecule has 1 aliphatic heterocycles. The Balaban J connectivity index is 2.17. The number of piperidine rings is 1. The first-order chi connectivity index (χ1) is 9.71. The van der Waals surface area contributed by atoms with Gasteiger partial charge in [-0.25, -0.2) is 0 Å². The quantitative estimate of drug-likeness (QED) is 0.863. The van der Waals surface area contributed by atoms with Gasteiger partial charge in [-0.05, 0) is 55.1 Å². The van der Waals surface area contributed by atoms with Crippen LogP contribution in [-0.4, -0.2) is 39.0 Å². The molecule has 2 heterocycles. The normalized spacial score (nSPS) is 20.5. The molecule has 1 N–H and O–H groups in total. The van der Waals surface area contributed by atoms with Gasteiger partial charge >= 0.3 is 0 Å². The van der Waals surface area contributed by atoms with Gasteiger partial charge in [0.25, 0.3) is 0 Å². The molecule has 1 aromatic heterocycles. The number of aryl methyl sites for hydroxylation is 2. The first-order valence-corrected chi connectivity index (χ1v) is 8.59. The zero-order chi connectivity index (χ0) is 14.5. The van der Waals surface area contributed by atoms with Crippen molar-refractivity contribution in [3.8, 4) is 0 Å². The summed E-state index contributed by atoms with van der Waals surface area (Å²) in [6.45, 7) is 7.55. The van der Waals surface area contributed by atoms with Gasteiger partial charge in [-0.15, -0.1) is 0 Å². The Labute approximate surface area is 130 Å². The lowest BCUT2D eigenvalue weighted by molar-refractivity contribution is 0.109. The second-order valence-corrected chi connectivity index (χ2v) is 6.30.